The van der Waals surface area contributed by atoms with Gasteiger partial charge in [0, 0.05) is 17.1 Å². The topological polar surface area (TPSA) is 171 Å². The van der Waals surface area contributed by atoms with E-state index in [1.165, 1.54) is 19.0 Å². The summed E-state index contributed by atoms with van der Waals surface area (Å²) in [4.78, 5) is 40.8. The Balaban J connectivity index is 1.81. The van der Waals surface area contributed by atoms with Crippen LogP contribution in [0.25, 0.3) is 5.76 Å². The van der Waals surface area contributed by atoms with Crippen molar-refractivity contribution in [3.63, 3.8) is 0 Å². The highest BCUT2D eigenvalue weighted by molar-refractivity contribution is 6.24. The zero-order valence-electron chi connectivity index (χ0n) is 21.4. The highest BCUT2D eigenvalue weighted by atomic mass is 16.5. The molecule has 0 saturated heterocycles. The van der Waals surface area contributed by atoms with Crippen molar-refractivity contribution >= 4 is 23.2 Å². The third-order valence-electron chi connectivity index (χ3n) is 8.81. The molecule has 1 fully saturated rings. The molecule has 5 rings (SSSR count). The number of Topliss-reactive ketones (excluding diaryl/α,β-unsaturated/α-hetero) is 2. The molecule has 1 aromatic rings. The van der Waals surface area contributed by atoms with Gasteiger partial charge in [0.15, 0.2) is 11.4 Å². The number of primary amides is 1. The zero-order chi connectivity index (χ0) is 27.4. The SMILES string of the molecule is C[C@@H]1c2ccc3c(c2C(O)=C2C(=O)[C@@]4(O)C(O)=C(C(N)=O)C(=O)[C@H](N(C)C)[C@H]4[C@H](O)[C@H]21)OCCC3(C)C. The first-order valence-corrected chi connectivity index (χ1v) is 12.3. The average Bonchev–Trinajstić information content (AvgIpc) is 2.80. The Hall–Kier alpha value is -3.21. The number of amides is 1. The Morgan fingerprint density at radius 2 is 1.84 bits per heavy atom. The number of nitrogens with zero attached hydrogens (tertiary/aromatic N) is 1. The molecule has 1 aliphatic heterocycles. The molecule has 1 aromatic carbocycles. The lowest BCUT2D eigenvalue weighted by Gasteiger charge is -2.54. The van der Waals surface area contributed by atoms with E-state index < -0.39 is 70.1 Å². The molecular weight excluding hydrogens is 480 g/mol. The van der Waals surface area contributed by atoms with Crippen LogP contribution in [-0.4, -0.2) is 81.2 Å². The van der Waals surface area contributed by atoms with Gasteiger partial charge in [-0.3, -0.25) is 19.3 Å². The molecule has 4 aliphatic rings. The van der Waals surface area contributed by atoms with Crippen LogP contribution in [0.4, 0.5) is 0 Å². The van der Waals surface area contributed by atoms with Gasteiger partial charge in [-0.2, -0.15) is 0 Å². The number of fused-ring (bicyclic) bond motifs is 5. The summed E-state index contributed by atoms with van der Waals surface area (Å²) in [5.74, 6) is -7.59. The maximum Gasteiger partial charge on any atom is 0.255 e. The number of hydrogen-bond donors (Lipinski definition) is 5. The quantitative estimate of drug-likeness (QED) is 0.360. The van der Waals surface area contributed by atoms with Crippen LogP contribution in [0, 0.1) is 11.8 Å². The van der Waals surface area contributed by atoms with Crippen LogP contribution in [0.15, 0.2) is 29.0 Å². The van der Waals surface area contributed by atoms with Gasteiger partial charge in [-0.05, 0) is 37.4 Å². The van der Waals surface area contributed by atoms with Gasteiger partial charge in [0.1, 0.15) is 22.8 Å². The molecule has 3 aliphatic carbocycles. The molecule has 1 saturated carbocycles. The summed E-state index contributed by atoms with van der Waals surface area (Å²) in [5.41, 5.74) is 2.87. The Kier molecular flexibility index (Phi) is 5.43. The Morgan fingerprint density at radius 1 is 1.19 bits per heavy atom. The fourth-order valence-corrected chi connectivity index (χ4v) is 6.83. The molecule has 10 nitrogen and oxygen atoms in total. The summed E-state index contributed by atoms with van der Waals surface area (Å²) in [6.45, 7) is 6.30. The highest BCUT2D eigenvalue weighted by Crippen LogP contribution is 2.57. The number of carbonyl (C=O) groups excluding carboxylic acids is 3. The minimum Gasteiger partial charge on any atom is -0.508 e. The number of hydrogen-bond acceptors (Lipinski definition) is 9. The molecule has 0 aromatic heterocycles. The minimum atomic E-state index is -2.86. The monoisotopic (exact) mass is 512 g/mol. The summed E-state index contributed by atoms with van der Waals surface area (Å²) < 4.78 is 5.98. The lowest BCUT2D eigenvalue weighted by molar-refractivity contribution is -0.169. The second kappa shape index (κ2) is 7.89. The summed E-state index contributed by atoms with van der Waals surface area (Å²) >= 11 is 0. The molecule has 6 atom stereocenters. The number of ether oxygens (including phenoxy) is 1. The van der Waals surface area contributed by atoms with Gasteiger partial charge < -0.3 is 30.9 Å². The fraction of sp³-hybridized carbons (Fsp3) is 0.519. The lowest BCUT2D eigenvalue weighted by Crippen LogP contribution is -2.70. The minimum absolute atomic E-state index is 0.257. The van der Waals surface area contributed by atoms with E-state index in [1.807, 2.05) is 12.1 Å². The molecule has 0 bridgehead atoms. The second-order valence-corrected chi connectivity index (χ2v) is 11.4. The van der Waals surface area contributed by atoms with E-state index in [-0.39, 0.29) is 11.0 Å². The van der Waals surface area contributed by atoms with Crippen molar-refractivity contribution in [2.45, 2.75) is 56.3 Å². The predicted octanol–water partition coefficient (Wildman–Crippen LogP) is 0.850. The van der Waals surface area contributed by atoms with Gasteiger partial charge in [0.05, 0.1) is 30.2 Å². The van der Waals surface area contributed by atoms with Crippen LogP contribution >= 0.6 is 0 Å². The van der Waals surface area contributed by atoms with Crippen molar-refractivity contribution in [3.05, 3.63) is 45.7 Å². The van der Waals surface area contributed by atoms with Crippen molar-refractivity contribution in [3.8, 4) is 5.75 Å². The van der Waals surface area contributed by atoms with Crippen LogP contribution in [-0.2, 0) is 19.8 Å². The van der Waals surface area contributed by atoms with Crippen molar-refractivity contribution in [2.75, 3.05) is 20.7 Å². The molecule has 10 heteroatoms. The first-order valence-electron chi connectivity index (χ1n) is 12.3. The summed E-state index contributed by atoms with van der Waals surface area (Å²) in [7, 11) is 2.99. The zero-order valence-corrected chi connectivity index (χ0v) is 21.4. The third kappa shape index (κ3) is 3.06. The molecule has 198 valence electrons. The Labute approximate surface area is 214 Å². The smallest absolute Gasteiger partial charge is 0.255 e. The first-order chi connectivity index (χ1) is 17.2. The van der Waals surface area contributed by atoms with Gasteiger partial charge >= 0.3 is 0 Å². The number of nitrogens with two attached hydrogens (primary N) is 1. The maximum absolute atomic E-state index is 14.1. The van der Waals surface area contributed by atoms with Gasteiger partial charge in [-0.15, -0.1) is 0 Å². The number of aliphatic hydroxyl groups excluding tert-OH is 3. The van der Waals surface area contributed by atoms with Crippen molar-refractivity contribution in [1.29, 1.82) is 0 Å². The maximum atomic E-state index is 14.1. The van der Waals surface area contributed by atoms with Crippen LogP contribution < -0.4 is 10.5 Å². The fourth-order valence-electron chi connectivity index (χ4n) is 6.83. The van der Waals surface area contributed by atoms with Crippen LogP contribution in [0.3, 0.4) is 0 Å². The van der Waals surface area contributed by atoms with E-state index in [4.69, 9.17) is 10.5 Å². The number of ketones is 2. The third-order valence-corrected chi connectivity index (χ3v) is 8.81. The molecular formula is C27H32N2O8. The van der Waals surface area contributed by atoms with Gasteiger partial charge in [-0.25, -0.2) is 0 Å². The standard InChI is InChI=1S/C27H32N2O8/c1-10-11-6-7-12-22(37-9-8-26(12,2)3)14(11)19(30)15-13(10)20(31)17-18(29(4)5)21(32)16(25(28)35)24(34)27(17,36)23(15)33/h6-7,10,13,17-18,20,30-31,34,36H,8-9H2,1-5H3,(H2,28,35)/t10-,13+,17+,18-,20-,27-/m1/s1. The number of benzene rings is 1. The van der Waals surface area contributed by atoms with Crippen LogP contribution in [0.1, 0.15) is 49.8 Å². The van der Waals surface area contributed by atoms with Gasteiger partial charge in [0.2, 0.25) is 5.78 Å². The molecule has 1 heterocycles. The predicted molar refractivity (Wildman–Crippen MR) is 132 cm³/mol. The van der Waals surface area contributed by atoms with Gasteiger partial charge in [-0.1, -0.05) is 32.9 Å². The number of rotatable bonds is 2. The normalized spacial score (nSPS) is 34.4. The lowest BCUT2D eigenvalue weighted by atomic mass is 9.54. The highest BCUT2D eigenvalue weighted by Gasteiger charge is 2.68. The summed E-state index contributed by atoms with van der Waals surface area (Å²) in [5, 5.41) is 46.0. The number of aliphatic hydroxyl groups is 4. The van der Waals surface area contributed by atoms with Crippen molar-refractivity contribution in [2.24, 2.45) is 17.6 Å². The van der Waals surface area contributed by atoms with E-state index in [1.54, 1.807) is 6.92 Å². The molecule has 0 unspecified atom stereocenters. The van der Waals surface area contributed by atoms with E-state index in [0.29, 0.717) is 23.5 Å². The number of carbonyl (C=O) groups is 3. The molecule has 37 heavy (non-hydrogen) atoms. The number of likely N-dealkylation sites (N-methyl/N-ethyl adjacent to an activating group) is 1. The van der Waals surface area contributed by atoms with E-state index in [2.05, 4.69) is 13.8 Å². The van der Waals surface area contributed by atoms with E-state index in [9.17, 15) is 34.8 Å². The largest absolute Gasteiger partial charge is 0.508 e. The molecule has 0 spiro atoms. The van der Waals surface area contributed by atoms with E-state index >= 15 is 0 Å². The van der Waals surface area contributed by atoms with Crippen LogP contribution in [0.5, 0.6) is 5.75 Å². The van der Waals surface area contributed by atoms with Crippen LogP contribution in [0.2, 0.25) is 0 Å². The molecule has 1 amide bonds. The molecule has 6 N–H and O–H groups in total. The molecule has 0 radical (unpaired) electrons. The summed E-state index contributed by atoms with van der Waals surface area (Å²) in [6, 6.07) is 2.43. The second-order valence-electron chi connectivity index (χ2n) is 11.4. The Bertz CT molecular complexity index is 1330. The van der Waals surface area contributed by atoms with Gasteiger partial charge in [0.25, 0.3) is 5.91 Å². The summed E-state index contributed by atoms with van der Waals surface area (Å²) in [6.07, 6.45) is -0.800. The van der Waals surface area contributed by atoms with E-state index in [0.717, 1.165) is 12.0 Å². The van der Waals surface area contributed by atoms with Crippen molar-refractivity contribution in [1.82, 2.24) is 4.90 Å². The van der Waals surface area contributed by atoms with Crippen molar-refractivity contribution < 1.29 is 39.5 Å². The average molecular weight is 513 g/mol. The first kappa shape index (κ1) is 25.4. The Morgan fingerprint density at radius 3 is 2.43 bits per heavy atom.